The van der Waals surface area contributed by atoms with Gasteiger partial charge in [-0.25, -0.2) is 0 Å². The van der Waals surface area contributed by atoms with Gasteiger partial charge in [-0.1, -0.05) is 39.5 Å². The number of primary amides is 1. The molecule has 0 saturated heterocycles. The lowest BCUT2D eigenvalue weighted by Crippen LogP contribution is -2.58. The summed E-state index contributed by atoms with van der Waals surface area (Å²) >= 11 is 0. The maximum absolute atomic E-state index is 11.7. The Morgan fingerprint density at radius 2 is 1.75 bits per heavy atom. The molecule has 1 rings (SSSR count). The van der Waals surface area contributed by atoms with E-state index >= 15 is 0 Å². The molecule has 0 spiro atoms. The molecule has 16 heavy (non-hydrogen) atoms. The molecule has 1 aliphatic carbocycles. The zero-order chi connectivity index (χ0) is 12.0. The Hall–Kier alpha value is -0.570. The Bertz CT molecular complexity index is 216. The van der Waals surface area contributed by atoms with Gasteiger partial charge in [0.05, 0.1) is 5.54 Å². The van der Waals surface area contributed by atoms with E-state index in [0.29, 0.717) is 6.04 Å². The number of hydrogen-bond acceptors (Lipinski definition) is 2. The van der Waals surface area contributed by atoms with Gasteiger partial charge in [-0.3, -0.25) is 4.79 Å². The molecule has 0 atom stereocenters. The predicted octanol–water partition coefficient (Wildman–Crippen LogP) is 2.34. The van der Waals surface area contributed by atoms with Crippen molar-refractivity contribution in [2.45, 2.75) is 76.8 Å². The summed E-state index contributed by atoms with van der Waals surface area (Å²) in [5.74, 6) is -0.164. The summed E-state index contributed by atoms with van der Waals surface area (Å²) in [7, 11) is 0. The van der Waals surface area contributed by atoms with Crippen molar-refractivity contribution in [3.05, 3.63) is 0 Å². The molecule has 0 aromatic heterocycles. The second-order valence-corrected chi connectivity index (χ2v) is 5.07. The van der Waals surface area contributed by atoms with Crippen LogP contribution in [0, 0.1) is 0 Å². The number of hydrogen-bond donors (Lipinski definition) is 2. The molecular weight excluding hydrogens is 200 g/mol. The fourth-order valence-electron chi connectivity index (χ4n) is 2.90. The number of nitrogens with two attached hydrogens (primary N) is 1. The second kappa shape index (κ2) is 6.24. The lowest BCUT2D eigenvalue weighted by Gasteiger charge is -2.34. The Morgan fingerprint density at radius 3 is 2.12 bits per heavy atom. The van der Waals surface area contributed by atoms with Gasteiger partial charge in [-0.05, 0) is 25.7 Å². The van der Waals surface area contributed by atoms with Crippen molar-refractivity contribution in [2.24, 2.45) is 5.73 Å². The van der Waals surface area contributed by atoms with Crippen molar-refractivity contribution in [3.63, 3.8) is 0 Å². The van der Waals surface area contributed by atoms with Crippen LogP contribution in [0.5, 0.6) is 0 Å². The first kappa shape index (κ1) is 13.5. The molecule has 3 nitrogen and oxygen atoms in total. The molecule has 0 aliphatic heterocycles. The van der Waals surface area contributed by atoms with Crippen molar-refractivity contribution in [2.75, 3.05) is 0 Å². The number of carbonyl (C=O) groups excluding carboxylic acids is 1. The van der Waals surface area contributed by atoms with Crippen LogP contribution in [0.4, 0.5) is 0 Å². The zero-order valence-corrected chi connectivity index (χ0v) is 10.7. The van der Waals surface area contributed by atoms with Gasteiger partial charge in [0.2, 0.25) is 5.91 Å². The second-order valence-electron chi connectivity index (χ2n) is 5.07. The van der Waals surface area contributed by atoms with Gasteiger partial charge in [0.25, 0.3) is 0 Å². The molecule has 0 heterocycles. The summed E-state index contributed by atoms with van der Waals surface area (Å²) in [5, 5.41) is 3.56. The molecule has 1 saturated carbocycles. The van der Waals surface area contributed by atoms with Crippen molar-refractivity contribution in [3.8, 4) is 0 Å². The van der Waals surface area contributed by atoms with Crippen LogP contribution >= 0.6 is 0 Å². The Labute approximate surface area is 99.2 Å². The van der Waals surface area contributed by atoms with Crippen LogP contribution in [0.25, 0.3) is 0 Å². The van der Waals surface area contributed by atoms with Crippen molar-refractivity contribution < 1.29 is 4.79 Å². The standard InChI is InChI=1S/C13H26N2O/c1-3-9-13(10-4-2,12(14)16)15-11-7-5-6-8-11/h11,15H,3-10H2,1-2H3,(H2,14,16). The van der Waals surface area contributed by atoms with Crippen LogP contribution < -0.4 is 11.1 Å². The lowest BCUT2D eigenvalue weighted by molar-refractivity contribution is -0.125. The smallest absolute Gasteiger partial charge is 0.237 e. The Balaban J connectivity index is 2.68. The zero-order valence-electron chi connectivity index (χ0n) is 10.7. The topological polar surface area (TPSA) is 55.1 Å². The van der Waals surface area contributed by atoms with E-state index in [-0.39, 0.29) is 5.91 Å². The van der Waals surface area contributed by atoms with Crippen LogP contribution in [-0.2, 0) is 4.79 Å². The van der Waals surface area contributed by atoms with Gasteiger partial charge < -0.3 is 11.1 Å². The van der Waals surface area contributed by atoms with E-state index in [9.17, 15) is 4.79 Å². The highest BCUT2D eigenvalue weighted by Crippen LogP contribution is 2.25. The van der Waals surface area contributed by atoms with Gasteiger partial charge in [-0.15, -0.1) is 0 Å². The summed E-state index contributed by atoms with van der Waals surface area (Å²) in [5.41, 5.74) is 5.17. The third-order valence-electron chi connectivity index (χ3n) is 3.66. The molecule has 0 bridgehead atoms. The highest BCUT2D eigenvalue weighted by molar-refractivity contribution is 5.84. The number of rotatable bonds is 7. The van der Waals surface area contributed by atoms with Crippen molar-refractivity contribution >= 4 is 5.91 Å². The molecule has 0 aromatic rings. The summed E-state index contributed by atoms with van der Waals surface area (Å²) < 4.78 is 0. The van der Waals surface area contributed by atoms with Gasteiger partial charge in [-0.2, -0.15) is 0 Å². The number of carbonyl (C=O) groups is 1. The van der Waals surface area contributed by atoms with Crippen molar-refractivity contribution in [1.82, 2.24) is 5.32 Å². The van der Waals surface area contributed by atoms with E-state index in [0.717, 1.165) is 25.7 Å². The fourth-order valence-corrected chi connectivity index (χ4v) is 2.90. The average Bonchev–Trinajstić information content (AvgIpc) is 2.70. The number of amides is 1. The molecule has 3 heteroatoms. The molecule has 1 aliphatic rings. The van der Waals surface area contributed by atoms with E-state index in [2.05, 4.69) is 19.2 Å². The first-order chi connectivity index (χ1) is 7.64. The van der Waals surface area contributed by atoms with Crippen LogP contribution in [0.3, 0.4) is 0 Å². The largest absolute Gasteiger partial charge is 0.368 e. The average molecular weight is 226 g/mol. The van der Waals surface area contributed by atoms with Crippen LogP contribution in [0.2, 0.25) is 0 Å². The molecular formula is C13H26N2O. The molecule has 0 aromatic carbocycles. The maximum Gasteiger partial charge on any atom is 0.237 e. The van der Waals surface area contributed by atoms with Crippen LogP contribution in [0.1, 0.15) is 65.2 Å². The molecule has 0 radical (unpaired) electrons. The van der Waals surface area contributed by atoms with Crippen LogP contribution in [0.15, 0.2) is 0 Å². The Kier molecular flexibility index (Phi) is 5.26. The van der Waals surface area contributed by atoms with Crippen LogP contribution in [-0.4, -0.2) is 17.5 Å². The third kappa shape index (κ3) is 3.21. The SMILES string of the molecule is CCCC(CCC)(NC1CCCC1)C(N)=O. The van der Waals surface area contributed by atoms with E-state index < -0.39 is 5.54 Å². The molecule has 94 valence electrons. The van der Waals surface area contributed by atoms with E-state index in [1.165, 1.54) is 25.7 Å². The first-order valence-corrected chi connectivity index (χ1v) is 6.72. The summed E-state index contributed by atoms with van der Waals surface area (Å²) in [6.07, 6.45) is 8.70. The molecule has 3 N–H and O–H groups in total. The van der Waals surface area contributed by atoms with Gasteiger partial charge in [0.15, 0.2) is 0 Å². The maximum atomic E-state index is 11.7. The predicted molar refractivity (Wildman–Crippen MR) is 67.1 cm³/mol. The monoisotopic (exact) mass is 226 g/mol. The van der Waals surface area contributed by atoms with Gasteiger partial charge in [0, 0.05) is 6.04 Å². The van der Waals surface area contributed by atoms with E-state index in [1.54, 1.807) is 0 Å². The summed E-state index contributed by atoms with van der Waals surface area (Å²) in [6, 6.07) is 0.505. The minimum Gasteiger partial charge on any atom is -0.368 e. The van der Waals surface area contributed by atoms with Crippen molar-refractivity contribution in [1.29, 1.82) is 0 Å². The minimum absolute atomic E-state index is 0.164. The number of nitrogens with one attached hydrogen (secondary N) is 1. The quantitative estimate of drug-likeness (QED) is 0.700. The summed E-state index contributed by atoms with van der Waals surface area (Å²) in [4.78, 5) is 11.7. The van der Waals surface area contributed by atoms with Gasteiger partial charge in [0.1, 0.15) is 0 Å². The third-order valence-corrected chi connectivity index (χ3v) is 3.66. The molecule has 1 fully saturated rings. The Morgan fingerprint density at radius 1 is 1.25 bits per heavy atom. The van der Waals surface area contributed by atoms with Gasteiger partial charge >= 0.3 is 0 Å². The fraction of sp³-hybridized carbons (Fsp3) is 0.923. The lowest BCUT2D eigenvalue weighted by atomic mass is 9.86. The molecule has 0 unspecified atom stereocenters. The summed E-state index contributed by atoms with van der Waals surface area (Å²) in [6.45, 7) is 4.23. The highest BCUT2D eigenvalue weighted by atomic mass is 16.1. The normalized spacial score (nSPS) is 17.9. The highest BCUT2D eigenvalue weighted by Gasteiger charge is 2.36. The van der Waals surface area contributed by atoms with E-state index in [4.69, 9.17) is 5.73 Å². The minimum atomic E-state index is -0.446. The first-order valence-electron chi connectivity index (χ1n) is 6.72. The molecule has 1 amide bonds. The van der Waals surface area contributed by atoms with E-state index in [1.807, 2.05) is 0 Å².